The number of rotatable bonds is 7. The van der Waals surface area contributed by atoms with Crippen LogP contribution in [-0.2, 0) is 11.3 Å². The van der Waals surface area contributed by atoms with Crippen molar-refractivity contribution in [2.24, 2.45) is 0 Å². The number of carbonyl (C=O) groups is 2. The third-order valence-electron chi connectivity index (χ3n) is 4.33. The summed E-state index contributed by atoms with van der Waals surface area (Å²) in [6.07, 6.45) is 2.89. The number of hydrogen-bond donors (Lipinski definition) is 2. The van der Waals surface area contributed by atoms with Crippen LogP contribution in [0, 0.1) is 0 Å². The second kappa shape index (κ2) is 8.34. The maximum atomic E-state index is 12.2. The molecule has 2 amide bonds. The van der Waals surface area contributed by atoms with Crippen molar-refractivity contribution in [3.63, 3.8) is 0 Å². The third kappa shape index (κ3) is 4.30. The molecular weight excluding hydrogens is 326 g/mol. The zero-order valence-electron chi connectivity index (χ0n) is 14.8. The molecule has 0 aliphatic rings. The van der Waals surface area contributed by atoms with Gasteiger partial charge in [-0.05, 0) is 43.0 Å². The summed E-state index contributed by atoms with van der Waals surface area (Å²) >= 11 is 0. The van der Waals surface area contributed by atoms with Gasteiger partial charge in [-0.1, -0.05) is 36.4 Å². The van der Waals surface area contributed by atoms with Crippen molar-refractivity contribution in [1.82, 2.24) is 15.2 Å². The van der Waals surface area contributed by atoms with Gasteiger partial charge in [0.05, 0.1) is 0 Å². The maximum absolute atomic E-state index is 12.2. The first-order valence-electron chi connectivity index (χ1n) is 8.82. The van der Waals surface area contributed by atoms with Crippen LogP contribution in [0.5, 0.6) is 0 Å². The van der Waals surface area contributed by atoms with Gasteiger partial charge in [-0.3, -0.25) is 9.59 Å². The van der Waals surface area contributed by atoms with Crippen LogP contribution in [0.4, 0.5) is 0 Å². The van der Waals surface area contributed by atoms with Crippen LogP contribution in [0.25, 0.3) is 10.9 Å². The molecule has 134 valence electrons. The Morgan fingerprint density at radius 2 is 1.73 bits per heavy atom. The van der Waals surface area contributed by atoms with Gasteiger partial charge in [0.15, 0.2) is 0 Å². The van der Waals surface area contributed by atoms with Crippen molar-refractivity contribution in [3.05, 3.63) is 72.4 Å². The van der Waals surface area contributed by atoms with Gasteiger partial charge >= 0.3 is 0 Å². The smallest absolute Gasteiger partial charge is 0.251 e. The molecule has 0 spiro atoms. The lowest BCUT2D eigenvalue weighted by molar-refractivity contribution is -0.122. The summed E-state index contributed by atoms with van der Waals surface area (Å²) < 4.78 is 2.18. The monoisotopic (exact) mass is 349 g/mol. The van der Waals surface area contributed by atoms with Crippen molar-refractivity contribution in [2.75, 3.05) is 6.54 Å². The minimum absolute atomic E-state index is 0.174. The topological polar surface area (TPSA) is 63.1 Å². The van der Waals surface area contributed by atoms with Crippen LogP contribution < -0.4 is 10.6 Å². The Balaban J connectivity index is 1.43. The van der Waals surface area contributed by atoms with Gasteiger partial charge in [-0.25, -0.2) is 0 Å². The quantitative estimate of drug-likeness (QED) is 0.644. The Hall–Kier alpha value is -3.08. The number of amides is 2. The van der Waals surface area contributed by atoms with E-state index in [0.717, 1.165) is 13.0 Å². The van der Waals surface area contributed by atoms with Crippen molar-refractivity contribution in [1.29, 1.82) is 0 Å². The van der Waals surface area contributed by atoms with E-state index in [1.54, 1.807) is 31.2 Å². The first kappa shape index (κ1) is 17.7. The molecule has 0 saturated heterocycles. The lowest BCUT2D eigenvalue weighted by atomic mass is 10.2. The number of nitrogens with zero attached hydrogens (tertiary/aromatic N) is 1. The van der Waals surface area contributed by atoms with E-state index < -0.39 is 6.04 Å². The van der Waals surface area contributed by atoms with E-state index in [-0.39, 0.29) is 11.8 Å². The molecule has 26 heavy (non-hydrogen) atoms. The SMILES string of the molecule is C[C@H](NC(=O)c1ccccc1)C(=O)NCCCn1ccc2ccccc21. The Kier molecular flexibility index (Phi) is 5.69. The highest BCUT2D eigenvalue weighted by molar-refractivity contribution is 5.97. The lowest BCUT2D eigenvalue weighted by Crippen LogP contribution is -2.45. The molecule has 1 atom stereocenters. The van der Waals surface area contributed by atoms with Gasteiger partial charge in [0.25, 0.3) is 5.91 Å². The maximum Gasteiger partial charge on any atom is 0.251 e. The number of nitrogens with one attached hydrogen (secondary N) is 2. The van der Waals surface area contributed by atoms with Crippen LogP contribution in [0.15, 0.2) is 66.9 Å². The predicted octanol–water partition coefficient (Wildman–Crippen LogP) is 2.97. The van der Waals surface area contributed by atoms with E-state index in [9.17, 15) is 9.59 Å². The highest BCUT2D eigenvalue weighted by Crippen LogP contribution is 2.15. The summed E-state index contributed by atoms with van der Waals surface area (Å²) in [4.78, 5) is 24.2. The molecule has 0 radical (unpaired) electrons. The molecular formula is C21H23N3O2. The Morgan fingerprint density at radius 3 is 2.54 bits per heavy atom. The molecule has 3 aromatic rings. The van der Waals surface area contributed by atoms with Crippen molar-refractivity contribution in [3.8, 4) is 0 Å². The largest absolute Gasteiger partial charge is 0.354 e. The fourth-order valence-electron chi connectivity index (χ4n) is 2.88. The summed E-state index contributed by atoms with van der Waals surface area (Å²) in [6, 6.07) is 18.6. The van der Waals surface area contributed by atoms with Gasteiger partial charge in [0, 0.05) is 30.4 Å². The number of para-hydroxylation sites is 1. The van der Waals surface area contributed by atoms with E-state index >= 15 is 0 Å². The van der Waals surface area contributed by atoms with E-state index in [0.29, 0.717) is 12.1 Å². The minimum Gasteiger partial charge on any atom is -0.354 e. The highest BCUT2D eigenvalue weighted by Gasteiger charge is 2.15. The molecule has 5 heteroatoms. The second-order valence-electron chi connectivity index (χ2n) is 6.27. The molecule has 0 bridgehead atoms. The van der Waals surface area contributed by atoms with Crippen LogP contribution >= 0.6 is 0 Å². The zero-order valence-corrected chi connectivity index (χ0v) is 14.8. The lowest BCUT2D eigenvalue weighted by Gasteiger charge is -2.14. The molecule has 2 N–H and O–H groups in total. The van der Waals surface area contributed by atoms with Crippen LogP contribution in [0.3, 0.4) is 0 Å². The van der Waals surface area contributed by atoms with Gasteiger partial charge in [0.2, 0.25) is 5.91 Å². The number of benzene rings is 2. The molecule has 0 aliphatic carbocycles. The molecule has 0 saturated carbocycles. The third-order valence-corrected chi connectivity index (χ3v) is 4.33. The van der Waals surface area contributed by atoms with Crippen LogP contribution in [0.2, 0.25) is 0 Å². The molecule has 1 aromatic heterocycles. The Morgan fingerprint density at radius 1 is 1.00 bits per heavy atom. The van der Waals surface area contributed by atoms with Gasteiger partial charge < -0.3 is 15.2 Å². The van der Waals surface area contributed by atoms with E-state index in [1.165, 1.54) is 10.9 Å². The standard InChI is InChI=1S/C21H23N3O2/c1-16(23-21(26)18-9-3-2-4-10-18)20(25)22-13-7-14-24-15-12-17-8-5-6-11-19(17)24/h2-6,8-12,15-16H,7,13-14H2,1H3,(H,22,25)(H,23,26)/t16-/m0/s1. The normalized spacial score (nSPS) is 11.9. The summed E-state index contributed by atoms with van der Waals surface area (Å²) in [5, 5.41) is 6.82. The molecule has 5 nitrogen and oxygen atoms in total. The number of hydrogen-bond acceptors (Lipinski definition) is 2. The van der Waals surface area contributed by atoms with Crippen molar-refractivity contribution < 1.29 is 9.59 Å². The van der Waals surface area contributed by atoms with Gasteiger partial charge in [-0.2, -0.15) is 0 Å². The second-order valence-corrected chi connectivity index (χ2v) is 6.27. The van der Waals surface area contributed by atoms with Crippen molar-refractivity contribution >= 4 is 22.7 Å². The average molecular weight is 349 g/mol. The number of carbonyl (C=O) groups excluding carboxylic acids is 2. The molecule has 2 aromatic carbocycles. The summed E-state index contributed by atoms with van der Waals surface area (Å²) in [6.45, 7) is 3.09. The molecule has 0 fully saturated rings. The van der Waals surface area contributed by atoms with E-state index in [4.69, 9.17) is 0 Å². The molecule has 3 rings (SSSR count). The summed E-state index contributed by atoms with van der Waals surface area (Å²) in [7, 11) is 0. The number of aryl methyl sites for hydroxylation is 1. The average Bonchev–Trinajstić information content (AvgIpc) is 3.09. The van der Waals surface area contributed by atoms with E-state index in [1.807, 2.05) is 18.2 Å². The number of fused-ring (bicyclic) bond motifs is 1. The predicted molar refractivity (Wildman–Crippen MR) is 103 cm³/mol. The molecule has 0 unspecified atom stereocenters. The fraction of sp³-hybridized carbons (Fsp3) is 0.238. The van der Waals surface area contributed by atoms with Crippen molar-refractivity contribution in [2.45, 2.75) is 25.9 Å². The minimum atomic E-state index is -0.574. The van der Waals surface area contributed by atoms with Crippen LogP contribution in [-0.4, -0.2) is 29.0 Å². The highest BCUT2D eigenvalue weighted by atomic mass is 16.2. The first-order valence-corrected chi connectivity index (χ1v) is 8.82. The molecule has 1 heterocycles. The van der Waals surface area contributed by atoms with Gasteiger partial charge in [0.1, 0.15) is 6.04 Å². The molecule has 0 aliphatic heterocycles. The van der Waals surface area contributed by atoms with Crippen LogP contribution in [0.1, 0.15) is 23.7 Å². The summed E-state index contributed by atoms with van der Waals surface area (Å²) in [5.41, 5.74) is 1.74. The summed E-state index contributed by atoms with van der Waals surface area (Å²) in [5.74, 6) is -0.418. The van der Waals surface area contributed by atoms with E-state index in [2.05, 4.69) is 39.6 Å². The first-order chi connectivity index (χ1) is 12.6. The fourth-order valence-corrected chi connectivity index (χ4v) is 2.88. The Bertz CT molecular complexity index is 886. The Labute approximate surface area is 153 Å². The number of aromatic nitrogens is 1. The van der Waals surface area contributed by atoms with Gasteiger partial charge in [-0.15, -0.1) is 0 Å². The zero-order chi connectivity index (χ0) is 18.4.